The smallest absolute Gasteiger partial charge is 0.227 e. The Balaban J connectivity index is 1.55. The molecule has 7 heteroatoms. The van der Waals surface area contributed by atoms with Crippen LogP contribution in [0.25, 0.3) is 0 Å². The molecule has 2 amide bonds. The summed E-state index contributed by atoms with van der Waals surface area (Å²) in [7, 11) is 0. The average molecular weight is 546 g/mol. The van der Waals surface area contributed by atoms with Crippen molar-refractivity contribution in [2.45, 2.75) is 110 Å². The highest BCUT2D eigenvalue weighted by atomic mass is 19.1. The Morgan fingerprint density at radius 3 is 2.13 bits per heavy atom. The van der Waals surface area contributed by atoms with E-state index in [0.717, 1.165) is 38.3 Å². The van der Waals surface area contributed by atoms with Crippen molar-refractivity contribution in [3.8, 4) is 0 Å². The number of nitrogens with one attached hydrogen (secondary N) is 1. The first kappa shape index (κ1) is 30.0. The maximum absolute atomic E-state index is 15.0. The van der Waals surface area contributed by atoms with E-state index in [1.165, 1.54) is 18.6 Å². The minimum atomic E-state index is -0.605. The number of hydrogen-bond donors (Lipinski definition) is 1. The largest absolute Gasteiger partial charge is 0.351 e. The van der Waals surface area contributed by atoms with Gasteiger partial charge in [0.1, 0.15) is 11.6 Å². The molecule has 0 aromatic heterocycles. The van der Waals surface area contributed by atoms with Gasteiger partial charge in [0.25, 0.3) is 0 Å². The molecule has 1 saturated carbocycles. The maximum Gasteiger partial charge on any atom is 0.227 e. The molecule has 1 unspecified atom stereocenters. The molecule has 0 spiro atoms. The molecule has 2 heterocycles. The molecular weight excluding hydrogens is 496 g/mol. The Labute approximate surface area is 234 Å². The van der Waals surface area contributed by atoms with Gasteiger partial charge in [-0.15, -0.1) is 0 Å². The minimum Gasteiger partial charge on any atom is -0.351 e. The SMILES string of the molecule is CC(C)(C)NC(=O)C1(C2CCCCC2)CCN(C(=O)C2CCN(C(C)(C)C)C[C@H]2c2ccc(F)cc2F)CC1. The topological polar surface area (TPSA) is 52.7 Å². The summed E-state index contributed by atoms with van der Waals surface area (Å²) in [4.78, 5) is 32.0. The van der Waals surface area contributed by atoms with Crippen LogP contribution in [0.4, 0.5) is 8.78 Å². The van der Waals surface area contributed by atoms with Crippen LogP contribution in [-0.4, -0.2) is 58.9 Å². The highest BCUT2D eigenvalue weighted by Crippen LogP contribution is 2.47. The van der Waals surface area contributed by atoms with Gasteiger partial charge in [-0.05, 0) is 97.7 Å². The number of likely N-dealkylation sites (tertiary alicyclic amines) is 2. The molecule has 2 atom stereocenters. The lowest BCUT2D eigenvalue weighted by molar-refractivity contribution is -0.149. The second-order valence-electron chi connectivity index (χ2n) is 14.3. The number of hydrogen-bond acceptors (Lipinski definition) is 3. The highest BCUT2D eigenvalue weighted by molar-refractivity contribution is 5.85. The number of rotatable bonds is 4. The van der Waals surface area contributed by atoms with E-state index in [1.54, 1.807) is 0 Å². The monoisotopic (exact) mass is 545 g/mol. The second-order valence-corrected chi connectivity index (χ2v) is 14.3. The van der Waals surface area contributed by atoms with Crippen LogP contribution in [-0.2, 0) is 9.59 Å². The summed E-state index contributed by atoms with van der Waals surface area (Å²) in [5.41, 5.74) is -0.447. The Morgan fingerprint density at radius 2 is 1.56 bits per heavy atom. The summed E-state index contributed by atoms with van der Waals surface area (Å²) < 4.78 is 28.8. The summed E-state index contributed by atoms with van der Waals surface area (Å²) in [5, 5.41) is 3.27. The van der Waals surface area contributed by atoms with Crippen molar-refractivity contribution in [1.29, 1.82) is 0 Å². The summed E-state index contributed by atoms with van der Waals surface area (Å²) in [6.45, 7) is 14.9. The fourth-order valence-electron chi connectivity index (χ4n) is 7.28. The van der Waals surface area contributed by atoms with Gasteiger partial charge in [0.2, 0.25) is 11.8 Å². The van der Waals surface area contributed by atoms with Crippen LogP contribution < -0.4 is 5.32 Å². The summed E-state index contributed by atoms with van der Waals surface area (Å²) in [6.07, 6.45) is 7.66. The van der Waals surface area contributed by atoms with E-state index in [1.807, 2.05) is 25.7 Å². The van der Waals surface area contributed by atoms with Crippen molar-refractivity contribution in [3.63, 3.8) is 0 Å². The molecule has 0 radical (unpaired) electrons. The second kappa shape index (κ2) is 11.5. The standard InChI is InChI=1S/C32H49F2N3O2/c1-30(2,3)35-29(39)32(22-10-8-7-9-11-22)15-18-36(19-16-32)28(38)25-14-17-37(31(4,5)6)21-26(25)24-13-12-23(33)20-27(24)34/h12-13,20,22,25-26H,7-11,14-19,21H2,1-6H3,(H,35,39)/t25?,26-/m0/s1. The van der Waals surface area contributed by atoms with Gasteiger partial charge in [0.15, 0.2) is 0 Å². The van der Waals surface area contributed by atoms with Gasteiger partial charge < -0.3 is 10.2 Å². The van der Waals surface area contributed by atoms with E-state index in [4.69, 9.17) is 0 Å². The average Bonchev–Trinajstić information content (AvgIpc) is 2.87. The zero-order valence-corrected chi connectivity index (χ0v) is 24.9. The third-order valence-corrected chi connectivity index (χ3v) is 9.54. The Kier molecular flexibility index (Phi) is 8.80. The molecule has 1 aromatic carbocycles. The molecule has 39 heavy (non-hydrogen) atoms. The summed E-state index contributed by atoms with van der Waals surface area (Å²) >= 11 is 0. The lowest BCUT2D eigenvalue weighted by atomic mass is 9.63. The van der Waals surface area contributed by atoms with Gasteiger partial charge >= 0.3 is 0 Å². The fraction of sp³-hybridized carbons (Fsp3) is 0.750. The first-order chi connectivity index (χ1) is 18.2. The maximum atomic E-state index is 15.0. The summed E-state index contributed by atoms with van der Waals surface area (Å²) in [6, 6.07) is 3.74. The number of carbonyl (C=O) groups is 2. The Hall–Kier alpha value is -2.02. The van der Waals surface area contributed by atoms with Crippen molar-refractivity contribution in [2.75, 3.05) is 26.2 Å². The molecule has 1 N–H and O–H groups in total. The van der Waals surface area contributed by atoms with E-state index in [9.17, 15) is 14.0 Å². The lowest BCUT2D eigenvalue weighted by Crippen LogP contribution is -2.58. The number of amides is 2. The number of nitrogens with zero attached hydrogens (tertiary/aromatic N) is 2. The molecule has 0 bridgehead atoms. The number of carbonyl (C=O) groups excluding carboxylic acids is 2. The van der Waals surface area contributed by atoms with E-state index in [2.05, 4.69) is 31.0 Å². The molecule has 5 nitrogen and oxygen atoms in total. The zero-order chi connectivity index (χ0) is 28.6. The highest BCUT2D eigenvalue weighted by Gasteiger charge is 2.50. The molecular formula is C32H49F2N3O2. The van der Waals surface area contributed by atoms with Gasteiger partial charge in [-0.3, -0.25) is 14.5 Å². The first-order valence-corrected chi connectivity index (χ1v) is 15.0. The van der Waals surface area contributed by atoms with Crippen LogP contribution in [0.2, 0.25) is 0 Å². The molecule has 3 fully saturated rings. The van der Waals surface area contributed by atoms with Crippen LogP contribution in [0.5, 0.6) is 0 Å². The third-order valence-electron chi connectivity index (χ3n) is 9.54. The molecule has 1 aliphatic carbocycles. The van der Waals surface area contributed by atoms with Crippen LogP contribution in [0.1, 0.15) is 104 Å². The van der Waals surface area contributed by atoms with Gasteiger partial charge in [-0.25, -0.2) is 8.78 Å². The Morgan fingerprint density at radius 1 is 0.923 bits per heavy atom. The zero-order valence-electron chi connectivity index (χ0n) is 24.9. The predicted octanol–water partition coefficient (Wildman–Crippen LogP) is 6.27. The van der Waals surface area contributed by atoms with Crippen molar-refractivity contribution < 1.29 is 18.4 Å². The predicted molar refractivity (Wildman–Crippen MR) is 151 cm³/mol. The molecule has 2 aliphatic heterocycles. The van der Waals surface area contributed by atoms with Crippen molar-refractivity contribution in [1.82, 2.24) is 15.1 Å². The quantitative estimate of drug-likeness (QED) is 0.485. The molecule has 218 valence electrons. The molecule has 4 rings (SSSR count). The minimum absolute atomic E-state index is 0.0470. The first-order valence-electron chi connectivity index (χ1n) is 15.0. The van der Waals surface area contributed by atoms with Crippen molar-refractivity contribution >= 4 is 11.8 Å². The molecule has 3 aliphatic rings. The van der Waals surface area contributed by atoms with Crippen LogP contribution in [0.3, 0.4) is 0 Å². The van der Waals surface area contributed by atoms with E-state index in [-0.39, 0.29) is 34.7 Å². The third kappa shape index (κ3) is 6.66. The molecule has 2 saturated heterocycles. The number of piperidine rings is 2. The fourth-order valence-corrected chi connectivity index (χ4v) is 7.28. The number of halogens is 2. The van der Waals surface area contributed by atoms with E-state index >= 15 is 4.39 Å². The normalized spacial score (nSPS) is 25.4. The van der Waals surface area contributed by atoms with Crippen LogP contribution in [0.15, 0.2) is 18.2 Å². The molecule has 1 aromatic rings. The van der Waals surface area contributed by atoms with Gasteiger partial charge in [-0.2, -0.15) is 0 Å². The number of benzene rings is 1. The van der Waals surface area contributed by atoms with E-state index < -0.39 is 17.0 Å². The van der Waals surface area contributed by atoms with Gasteiger partial charge in [-0.1, -0.05) is 25.3 Å². The lowest BCUT2D eigenvalue weighted by Gasteiger charge is -2.49. The van der Waals surface area contributed by atoms with Crippen molar-refractivity contribution in [2.24, 2.45) is 17.3 Å². The Bertz CT molecular complexity index is 1030. The van der Waals surface area contributed by atoms with E-state index in [0.29, 0.717) is 50.4 Å². The van der Waals surface area contributed by atoms with Gasteiger partial charge in [0, 0.05) is 48.6 Å². The van der Waals surface area contributed by atoms with Crippen LogP contribution >= 0.6 is 0 Å². The van der Waals surface area contributed by atoms with Crippen LogP contribution in [0, 0.1) is 28.9 Å². The van der Waals surface area contributed by atoms with Crippen molar-refractivity contribution in [3.05, 3.63) is 35.4 Å². The van der Waals surface area contributed by atoms with Gasteiger partial charge in [0.05, 0.1) is 5.41 Å². The summed E-state index contributed by atoms with van der Waals surface area (Å²) in [5.74, 6) is -1.37.